The van der Waals surface area contributed by atoms with Crippen LogP contribution in [0.15, 0.2) is 17.1 Å². The van der Waals surface area contributed by atoms with Gasteiger partial charge in [0.2, 0.25) is 0 Å². The Kier molecular flexibility index (Phi) is 14.2. The van der Waals surface area contributed by atoms with Crippen LogP contribution in [0.5, 0.6) is 0 Å². The smallest absolute Gasteiger partial charge is 0.383 e. The summed E-state index contributed by atoms with van der Waals surface area (Å²) in [7, 11) is -16.3. The van der Waals surface area contributed by atoms with Crippen LogP contribution in [0, 0.1) is 0 Å². The standard InChI is InChI=1S/C9H16N3O12P3.3Li/c10-7-3-4-12(9(13)11-7)8-2-1-6(22-8)5-21-26(17,18)24-27(19,20)23-25(14,15)16;;;/h3-4,6,8H,1-2,5H2,(H,17,18)(H,19,20)(H2,10,11,13)(H2,14,15,16);;;/q;3*+1/t6-,8+;;;/m0.../s1. The van der Waals surface area contributed by atoms with Crippen LogP contribution in [0.4, 0.5) is 5.82 Å². The van der Waals surface area contributed by atoms with Gasteiger partial charge in [-0.05, 0) is 18.9 Å². The monoisotopic (exact) mass is 472 g/mol. The average Bonchev–Trinajstić information content (AvgIpc) is 2.90. The molecule has 154 valence electrons. The molecule has 30 heavy (non-hydrogen) atoms. The summed E-state index contributed by atoms with van der Waals surface area (Å²) < 4.78 is 51.6. The van der Waals surface area contributed by atoms with Crippen LogP contribution in [-0.4, -0.2) is 41.8 Å². The van der Waals surface area contributed by atoms with Crippen molar-refractivity contribution in [3.05, 3.63) is 22.7 Å². The van der Waals surface area contributed by atoms with E-state index in [1.807, 2.05) is 0 Å². The Labute approximate surface area is 206 Å². The molecular formula is C9H16Li3N3O12P3+3. The molecule has 1 saturated heterocycles. The molecule has 21 heteroatoms. The van der Waals surface area contributed by atoms with Gasteiger partial charge in [0.25, 0.3) is 0 Å². The molecular weight excluding hydrogens is 456 g/mol. The first kappa shape index (κ1) is 33.0. The van der Waals surface area contributed by atoms with Gasteiger partial charge in [0, 0.05) is 6.20 Å². The van der Waals surface area contributed by atoms with Crippen molar-refractivity contribution in [1.82, 2.24) is 9.55 Å². The minimum Gasteiger partial charge on any atom is -0.383 e. The van der Waals surface area contributed by atoms with E-state index in [0.717, 1.165) is 4.57 Å². The Bertz CT molecular complexity index is 896. The predicted molar refractivity (Wildman–Crippen MR) is 85.9 cm³/mol. The minimum atomic E-state index is -5.58. The molecule has 0 saturated carbocycles. The summed E-state index contributed by atoms with van der Waals surface area (Å²) >= 11 is 0. The van der Waals surface area contributed by atoms with Crippen molar-refractivity contribution in [2.75, 3.05) is 12.3 Å². The second-order valence-electron chi connectivity index (χ2n) is 5.22. The molecule has 2 unspecified atom stereocenters. The van der Waals surface area contributed by atoms with E-state index in [4.69, 9.17) is 25.2 Å². The molecule has 0 aliphatic carbocycles. The van der Waals surface area contributed by atoms with Crippen molar-refractivity contribution >= 4 is 29.3 Å². The fourth-order valence-electron chi connectivity index (χ4n) is 2.14. The zero-order chi connectivity index (χ0) is 20.5. The van der Waals surface area contributed by atoms with Crippen LogP contribution >= 0.6 is 23.5 Å². The first-order valence-electron chi connectivity index (χ1n) is 7.05. The first-order valence-corrected chi connectivity index (χ1v) is 11.6. The maximum absolute atomic E-state index is 11.7. The van der Waals surface area contributed by atoms with Gasteiger partial charge in [-0.2, -0.15) is 13.6 Å². The second kappa shape index (κ2) is 12.9. The molecule has 1 aliphatic heterocycles. The molecule has 0 spiro atoms. The number of hydrogen-bond donors (Lipinski definition) is 5. The topological polar surface area (TPSA) is 230 Å². The SMILES string of the molecule is Nc1ccn([C@H]2CC[C@@H](COP(=O)(O)OP(=O)(O)OP(=O)(O)O)O2)c(=O)n1.[Li+].[Li+].[Li+]. The first-order chi connectivity index (χ1) is 12.3. The van der Waals surface area contributed by atoms with E-state index >= 15 is 0 Å². The number of phosphoric acid groups is 3. The van der Waals surface area contributed by atoms with E-state index in [2.05, 4.69) is 18.1 Å². The van der Waals surface area contributed by atoms with Crippen LogP contribution in [0.1, 0.15) is 19.1 Å². The average molecular weight is 472 g/mol. The quantitative estimate of drug-likeness (QED) is 0.175. The maximum atomic E-state index is 11.7. The normalized spacial score (nSPS) is 22.5. The Hall–Kier alpha value is 0.842. The Morgan fingerprint density at radius 2 is 1.70 bits per heavy atom. The molecule has 0 bridgehead atoms. The number of anilines is 1. The van der Waals surface area contributed by atoms with E-state index in [1.165, 1.54) is 12.3 Å². The summed E-state index contributed by atoms with van der Waals surface area (Å²) in [6, 6.07) is 1.38. The molecule has 1 aliphatic rings. The third-order valence-corrected chi connectivity index (χ3v) is 6.89. The molecule has 2 heterocycles. The van der Waals surface area contributed by atoms with Crippen molar-refractivity contribution in [3.63, 3.8) is 0 Å². The molecule has 15 nitrogen and oxygen atoms in total. The summed E-state index contributed by atoms with van der Waals surface area (Å²) in [5.41, 5.74) is 4.72. The van der Waals surface area contributed by atoms with Gasteiger partial charge < -0.3 is 30.0 Å². The zero-order valence-electron chi connectivity index (χ0n) is 16.3. The molecule has 1 fully saturated rings. The number of phosphoric ester groups is 1. The van der Waals surface area contributed by atoms with Gasteiger partial charge in [-0.15, -0.1) is 0 Å². The number of nitrogens with two attached hydrogens (primary N) is 1. The Morgan fingerprint density at radius 3 is 2.23 bits per heavy atom. The summed E-state index contributed by atoms with van der Waals surface area (Å²) in [4.78, 5) is 50.6. The van der Waals surface area contributed by atoms with Crippen LogP contribution < -0.4 is 68.0 Å². The maximum Gasteiger partial charge on any atom is 1.00 e. The number of nitrogen functional groups attached to an aromatic ring is 1. The van der Waals surface area contributed by atoms with E-state index in [9.17, 15) is 23.4 Å². The summed E-state index contributed by atoms with van der Waals surface area (Å²) in [5.74, 6) is 0.0263. The molecule has 4 atom stereocenters. The van der Waals surface area contributed by atoms with Gasteiger partial charge in [0.05, 0.1) is 12.7 Å². The van der Waals surface area contributed by atoms with Gasteiger partial charge in [-0.1, -0.05) is 0 Å². The molecule has 1 aromatic rings. The largest absolute Gasteiger partial charge is 1.00 e. The summed E-state index contributed by atoms with van der Waals surface area (Å²) in [6.45, 7) is -0.586. The summed E-state index contributed by atoms with van der Waals surface area (Å²) in [5, 5.41) is 0. The van der Waals surface area contributed by atoms with Crippen molar-refractivity contribution in [2.24, 2.45) is 0 Å². The van der Waals surface area contributed by atoms with Crippen molar-refractivity contribution in [3.8, 4) is 0 Å². The second-order valence-corrected chi connectivity index (χ2v) is 9.64. The zero-order valence-corrected chi connectivity index (χ0v) is 19.0. The molecule has 6 N–H and O–H groups in total. The summed E-state index contributed by atoms with van der Waals surface area (Å²) in [6.07, 6.45) is 0.456. The van der Waals surface area contributed by atoms with Gasteiger partial charge in [0.15, 0.2) is 0 Å². The molecule has 0 radical (unpaired) electrons. The van der Waals surface area contributed by atoms with E-state index < -0.39 is 48.1 Å². The Morgan fingerprint density at radius 1 is 1.10 bits per heavy atom. The van der Waals surface area contributed by atoms with Crippen LogP contribution in [0.3, 0.4) is 0 Å². The van der Waals surface area contributed by atoms with Crippen molar-refractivity contribution in [1.29, 1.82) is 0 Å². The van der Waals surface area contributed by atoms with Crippen LogP contribution in [-0.2, 0) is 31.6 Å². The fraction of sp³-hybridized carbons (Fsp3) is 0.556. The number of aromatic nitrogens is 2. The fourth-order valence-corrected chi connectivity index (χ4v) is 5.19. The Balaban J connectivity index is 0. The number of hydrogen-bond acceptors (Lipinski definition) is 10. The predicted octanol–water partition coefficient (Wildman–Crippen LogP) is -9.14. The molecule has 0 amide bonds. The number of ether oxygens (including phenoxy) is 1. The van der Waals surface area contributed by atoms with Gasteiger partial charge in [0.1, 0.15) is 12.0 Å². The van der Waals surface area contributed by atoms with Crippen molar-refractivity contribution in [2.45, 2.75) is 25.2 Å². The molecule has 1 aromatic heterocycles. The third-order valence-electron chi connectivity index (χ3n) is 3.09. The minimum absolute atomic E-state index is 0. The number of nitrogens with zero attached hydrogens (tertiary/aromatic N) is 2. The molecule has 0 aromatic carbocycles. The van der Waals surface area contributed by atoms with Gasteiger partial charge in [-0.3, -0.25) is 9.09 Å². The van der Waals surface area contributed by atoms with E-state index in [1.54, 1.807) is 0 Å². The number of rotatable bonds is 8. The third kappa shape index (κ3) is 11.1. The van der Waals surface area contributed by atoms with Gasteiger partial charge >= 0.3 is 85.7 Å². The van der Waals surface area contributed by atoms with E-state index in [-0.39, 0.29) is 68.8 Å². The van der Waals surface area contributed by atoms with Gasteiger partial charge in [-0.25, -0.2) is 18.5 Å². The van der Waals surface area contributed by atoms with Crippen LogP contribution in [0.2, 0.25) is 0 Å². The van der Waals surface area contributed by atoms with E-state index in [0.29, 0.717) is 6.42 Å². The van der Waals surface area contributed by atoms with Crippen LogP contribution in [0.25, 0.3) is 0 Å². The molecule has 2 rings (SSSR count). The van der Waals surface area contributed by atoms with Crippen molar-refractivity contribution < 1.29 is 108 Å².